The summed E-state index contributed by atoms with van der Waals surface area (Å²) in [4.78, 5) is 0. The summed E-state index contributed by atoms with van der Waals surface area (Å²) >= 11 is 0. The predicted molar refractivity (Wildman–Crippen MR) is 98.2 cm³/mol. The first-order chi connectivity index (χ1) is 10.5. The summed E-state index contributed by atoms with van der Waals surface area (Å²) in [5.74, 6) is 1.80. The van der Waals surface area contributed by atoms with E-state index in [1.165, 1.54) is 76.2 Å². The smallest absolute Gasteiger partial charge is 0.0523 e. The van der Waals surface area contributed by atoms with Crippen LogP contribution in [0.1, 0.15) is 91.4 Å². The highest BCUT2D eigenvalue weighted by Crippen LogP contribution is 2.50. The minimum atomic E-state index is 0.510. The van der Waals surface area contributed by atoms with E-state index in [9.17, 15) is 0 Å². The second kappa shape index (κ2) is 10.5. The maximum absolute atomic E-state index is 5.70. The highest BCUT2D eigenvalue weighted by molar-refractivity contribution is 4.92. The van der Waals surface area contributed by atoms with Gasteiger partial charge in [-0.05, 0) is 50.4 Å². The summed E-state index contributed by atoms with van der Waals surface area (Å²) in [5.41, 5.74) is 1.68. The molecule has 0 heterocycles. The molecule has 0 aromatic carbocycles. The summed E-state index contributed by atoms with van der Waals surface area (Å²) in [7, 11) is 1.91. The Bertz CT molecular complexity index is 297. The van der Waals surface area contributed by atoms with Gasteiger partial charge >= 0.3 is 0 Å². The fraction of sp³-hybridized carbons (Fsp3) is 0.905. The maximum Gasteiger partial charge on any atom is 0.0523 e. The van der Waals surface area contributed by atoms with Crippen LogP contribution in [-0.4, -0.2) is 13.7 Å². The Morgan fingerprint density at radius 3 is 2.00 bits per heavy atom. The first-order valence-corrected chi connectivity index (χ1v) is 9.64. The molecule has 2 rings (SSSR count). The Kier molecular flexibility index (Phi) is 9.40. The van der Waals surface area contributed by atoms with Crippen molar-refractivity contribution in [3.05, 3.63) is 12.2 Å². The van der Waals surface area contributed by atoms with Crippen molar-refractivity contribution in [1.29, 1.82) is 0 Å². The van der Waals surface area contributed by atoms with E-state index in [4.69, 9.17) is 4.74 Å². The lowest BCUT2D eigenvalue weighted by Crippen LogP contribution is -2.40. The van der Waals surface area contributed by atoms with Crippen LogP contribution in [-0.2, 0) is 4.74 Å². The molecule has 2 saturated carbocycles. The molecule has 22 heavy (non-hydrogen) atoms. The van der Waals surface area contributed by atoms with Crippen molar-refractivity contribution in [3.63, 3.8) is 0 Å². The average Bonchev–Trinajstić information content (AvgIpc) is 2.82. The van der Waals surface area contributed by atoms with Gasteiger partial charge in [-0.2, -0.15) is 0 Å². The summed E-state index contributed by atoms with van der Waals surface area (Å²) in [5, 5.41) is 0. The SMILES string of the molecule is C=C(C)C.COCC1(C2CCCCCC2)CCCCCC1C. The third-order valence-electron chi connectivity index (χ3n) is 5.84. The van der Waals surface area contributed by atoms with E-state index in [1.54, 1.807) is 0 Å². The fourth-order valence-electron chi connectivity index (χ4n) is 4.68. The molecule has 0 N–H and O–H groups in total. The third-order valence-corrected chi connectivity index (χ3v) is 5.84. The summed E-state index contributed by atoms with van der Waals surface area (Å²) in [6, 6.07) is 0. The summed E-state index contributed by atoms with van der Waals surface area (Å²) < 4.78 is 5.70. The molecular formula is C21H40O. The predicted octanol–water partition coefficient (Wildman–Crippen LogP) is 6.77. The first-order valence-electron chi connectivity index (χ1n) is 9.64. The van der Waals surface area contributed by atoms with Gasteiger partial charge in [-0.3, -0.25) is 0 Å². The molecule has 130 valence electrons. The molecule has 0 aliphatic heterocycles. The second-order valence-corrected chi connectivity index (χ2v) is 8.06. The molecule has 0 radical (unpaired) electrons. The van der Waals surface area contributed by atoms with E-state index < -0.39 is 0 Å². The monoisotopic (exact) mass is 308 g/mol. The Balaban J connectivity index is 0.000000541. The van der Waals surface area contributed by atoms with Crippen LogP contribution >= 0.6 is 0 Å². The lowest BCUT2D eigenvalue weighted by Gasteiger charge is -2.44. The minimum Gasteiger partial charge on any atom is -0.384 e. The van der Waals surface area contributed by atoms with Gasteiger partial charge in [-0.25, -0.2) is 0 Å². The van der Waals surface area contributed by atoms with Crippen LogP contribution in [0, 0.1) is 17.3 Å². The Hall–Kier alpha value is -0.300. The van der Waals surface area contributed by atoms with E-state index in [-0.39, 0.29) is 0 Å². The van der Waals surface area contributed by atoms with Gasteiger partial charge in [0, 0.05) is 7.11 Å². The van der Waals surface area contributed by atoms with Gasteiger partial charge in [-0.1, -0.05) is 63.9 Å². The molecule has 2 atom stereocenters. The molecule has 2 aliphatic carbocycles. The van der Waals surface area contributed by atoms with Crippen molar-refractivity contribution < 1.29 is 4.74 Å². The van der Waals surface area contributed by atoms with Crippen LogP contribution < -0.4 is 0 Å². The number of hydrogen-bond donors (Lipinski definition) is 0. The zero-order valence-electron chi connectivity index (χ0n) is 15.8. The average molecular weight is 309 g/mol. The van der Waals surface area contributed by atoms with Gasteiger partial charge in [0.05, 0.1) is 6.61 Å². The second-order valence-electron chi connectivity index (χ2n) is 8.06. The molecular weight excluding hydrogens is 268 g/mol. The zero-order valence-corrected chi connectivity index (χ0v) is 15.8. The molecule has 1 heteroatoms. The zero-order chi connectivity index (χ0) is 16.4. The number of methoxy groups -OCH3 is 1. The fourth-order valence-corrected chi connectivity index (χ4v) is 4.68. The van der Waals surface area contributed by atoms with Crippen molar-refractivity contribution >= 4 is 0 Å². The largest absolute Gasteiger partial charge is 0.384 e. The first kappa shape index (κ1) is 19.7. The van der Waals surface area contributed by atoms with Gasteiger partial charge in [0.15, 0.2) is 0 Å². The van der Waals surface area contributed by atoms with Gasteiger partial charge in [-0.15, -0.1) is 6.58 Å². The lowest BCUT2D eigenvalue weighted by molar-refractivity contribution is -0.0241. The van der Waals surface area contributed by atoms with Crippen molar-refractivity contribution in [1.82, 2.24) is 0 Å². The number of hydrogen-bond acceptors (Lipinski definition) is 1. The molecule has 2 aliphatic rings. The van der Waals surface area contributed by atoms with Gasteiger partial charge < -0.3 is 4.74 Å². The van der Waals surface area contributed by atoms with Crippen molar-refractivity contribution in [2.24, 2.45) is 17.3 Å². The third kappa shape index (κ3) is 6.07. The van der Waals surface area contributed by atoms with Crippen LogP contribution in [0.15, 0.2) is 12.2 Å². The number of rotatable bonds is 3. The quantitative estimate of drug-likeness (QED) is 0.413. The maximum atomic E-state index is 5.70. The van der Waals surface area contributed by atoms with Crippen LogP contribution in [0.3, 0.4) is 0 Å². The molecule has 0 spiro atoms. The van der Waals surface area contributed by atoms with Crippen LogP contribution in [0.25, 0.3) is 0 Å². The Morgan fingerprint density at radius 2 is 1.45 bits per heavy atom. The summed E-state index contributed by atoms with van der Waals surface area (Å²) in [6.45, 7) is 11.0. The molecule has 0 aromatic rings. The van der Waals surface area contributed by atoms with Gasteiger partial charge in [0.1, 0.15) is 0 Å². The van der Waals surface area contributed by atoms with Gasteiger partial charge in [0.25, 0.3) is 0 Å². The van der Waals surface area contributed by atoms with E-state index in [2.05, 4.69) is 13.5 Å². The highest BCUT2D eigenvalue weighted by Gasteiger charge is 2.43. The molecule has 2 unspecified atom stereocenters. The topological polar surface area (TPSA) is 9.23 Å². The Labute approximate surface area is 139 Å². The summed E-state index contributed by atoms with van der Waals surface area (Å²) in [6.07, 6.45) is 16.0. The number of ether oxygens (including phenoxy) is 1. The standard InChI is InChI=1S/C17H32O.C4H8/c1-15-10-6-5-9-13-17(15,14-18-2)16-11-7-3-4-8-12-16;1-4(2)3/h15-16H,3-14H2,1-2H3;1H2,2-3H3. The highest BCUT2D eigenvalue weighted by atomic mass is 16.5. The molecule has 0 aromatic heterocycles. The number of allylic oxidation sites excluding steroid dienone is 1. The molecule has 1 nitrogen and oxygen atoms in total. The van der Waals surface area contributed by atoms with E-state index >= 15 is 0 Å². The van der Waals surface area contributed by atoms with Crippen LogP contribution in [0.5, 0.6) is 0 Å². The van der Waals surface area contributed by atoms with Crippen molar-refractivity contribution in [2.75, 3.05) is 13.7 Å². The minimum absolute atomic E-state index is 0.510. The molecule has 2 fully saturated rings. The van der Waals surface area contributed by atoms with Crippen molar-refractivity contribution in [2.45, 2.75) is 91.4 Å². The molecule has 0 saturated heterocycles. The Morgan fingerprint density at radius 1 is 0.955 bits per heavy atom. The van der Waals surface area contributed by atoms with Gasteiger partial charge in [0.2, 0.25) is 0 Å². The lowest BCUT2D eigenvalue weighted by atomic mass is 9.62. The van der Waals surface area contributed by atoms with E-state index in [1.807, 2.05) is 21.0 Å². The normalized spacial score (nSPS) is 30.6. The van der Waals surface area contributed by atoms with E-state index in [0.717, 1.165) is 18.4 Å². The van der Waals surface area contributed by atoms with Crippen LogP contribution in [0.2, 0.25) is 0 Å². The van der Waals surface area contributed by atoms with E-state index in [0.29, 0.717) is 5.41 Å². The van der Waals surface area contributed by atoms with Crippen LogP contribution in [0.4, 0.5) is 0 Å². The molecule has 0 bridgehead atoms. The van der Waals surface area contributed by atoms with Crippen molar-refractivity contribution in [3.8, 4) is 0 Å². The molecule has 0 amide bonds.